The summed E-state index contributed by atoms with van der Waals surface area (Å²) in [7, 11) is 0. The first-order valence-corrected chi connectivity index (χ1v) is 22.4. The molecule has 7 rings (SSSR count). The van der Waals surface area contributed by atoms with Crippen LogP contribution in [0, 0.1) is 5.82 Å². The van der Waals surface area contributed by atoms with Gasteiger partial charge >= 0.3 is 6.09 Å². The third kappa shape index (κ3) is 11.4. The Balaban J connectivity index is 1.18. The molecule has 2 heterocycles. The lowest BCUT2D eigenvalue weighted by Gasteiger charge is -2.37. The normalized spacial score (nSPS) is 15.2. The predicted octanol–water partition coefficient (Wildman–Crippen LogP) is 11.3. The third-order valence-electron chi connectivity index (χ3n) is 11.3. The molecule has 324 valence electrons. The summed E-state index contributed by atoms with van der Waals surface area (Å²) in [5, 5.41) is 6.69. The molecule has 1 aromatic heterocycles. The molecule has 1 fully saturated rings. The fraction of sp³-hybridized carbons (Fsp3) is 0.283. The number of nitrogens with zero attached hydrogens (tertiary/aromatic N) is 2. The summed E-state index contributed by atoms with van der Waals surface area (Å²) in [5.41, 5.74) is 7.12. The Morgan fingerprint density at radius 3 is 1.98 bits per heavy atom. The molecule has 0 bridgehead atoms. The van der Waals surface area contributed by atoms with Gasteiger partial charge < -0.3 is 25.1 Å². The topological polar surface area (TPSA) is 101 Å². The SMILES string of the molecule is CC(=O)CCc1ccncc1NC(=O)c1cc(NC[C@@H]2C[C@H](SC(c3ccccc3)(c3ccccc3)c3ccccc3)CN2C(=O)OC(C)(C)C)ccc1CCc1ccc(F)cc1. The Morgan fingerprint density at radius 1 is 0.778 bits per heavy atom. The van der Waals surface area contributed by atoms with Crippen LogP contribution in [0.2, 0.25) is 0 Å². The molecule has 0 saturated carbocycles. The van der Waals surface area contributed by atoms with Gasteiger partial charge in [0.1, 0.15) is 17.2 Å². The first kappa shape index (κ1) is 44.8. The lowest BCUT2D eigenvalue weighted by atomic mass is 9.84. The van der Waals surface area contributed by atoms with Crippen molar-refractivity contribution in [1.82, 2.24) is 9.88 Å². The van der Waals surface area contributed by atoms with E-state index in [1.807, 2.05) is 79.9 Å². The second-order valence-electron chi connectivity index (χ2n) is 17.1. The van der Waals surface area contributed by atoms with E-state index in [1.54, 1.807) is 31.5 Å². The average Bonchev–Trinajstić information content (AvgIpc) is 3.70. The Hall–Kier alpha value is -6.26. The zero-order valence-corrected chi connectivity index (χ0v) is 37.2. The standard InChI is InChI=1S/C53H55FN4O4S/c1-37(59)20-24-40-30-31-55-35-49(40)57-50(60)48-32-45(29-26-39(48)25-21-38-22-27-44(54)28-23-38)56-34-46-33-47(36-58(46)51(61)62-52(2,3)4)63-53(41-14-8-5-9-15-41,42-16-10-6-11-17-42)43-18-12-7-13-19-43/h5-19,22-23,26-32,35,46-47,56H,20-21,24-25,33-34,36H2,1-4H3,(H,57,60)/t46-,47-/m0/s1. The van der Waals surface area contributed by atoms with Gasteiger partial charge in [-0.2, -0.15) is 0 Å². The largest absolute Gasteiger partial charge is 0.444 e. The molecule has 5 aromatic carbocycles. The Bertz CT molecular complexity index is 2380. The highest BCUT2D eigenvalue weighted by atomic mass is 32.2. The van der Waals surface area contributed by atoms with Crippen molar-refractivity contribution in [3.05, 3.63) is 197 Å². The van der Waals surface area contributed by atoms with Crippen molar-refractivity contribution < 1.29 is 23.5 Å². The molecular weight excluding hydrogens is 808 g/mol. The number of ketones is 1. The smallest absolute Gasteiger partial charge is 0.410 e. The molecule has 2 amide bonds. The molecule has 2 N–H and O–H groups in total. The van der Waals surface area contributed by atoms with Gasteiger partial charge in [0.05, 0.1) is 22.7 Å². The number of aromatic nitrogens is 1. The van der Waals surface area contributed by atoms with Crippen LogP contribution in [-0.4, -0.2) is 57.6 Å². The maximum Gasteiger partial charge on any atom is 0.410 e. The van der Waals surface area contributed by atoms with E-state index in [1.165, 1.54) is 12.1 Å². The molecule has 0 radical (unpaired) electrons. The van der Waals surface area contributed by atoms with Gasteiger partial charge in [0, 0.05) is 42.2 Å². The van der Waals surface area contributed by atoms with E-state index in [2.05, 4.69) is 88.4 Å². The number of thioether (sulfide) groups is 1. The van der Waals surface area contributed by atoms with Crippen molar-refractivity contribution in [3.63, 3.8) is 0 Å². The number of likely N-dealkylation sites (tertiary alicyclic amines) is 1. The Labute approximate surface area is 374 Å². The van der Waals surface area contributed by atoms with Crippen molar-refractivity contribution in [1.29, 1.82) is 0 Å². The molecule has 0 unspecified atom stereocenters. The molecule has 0 aliphatic carbocycles. The van der Waals surface area contributed by atoms with Gasteiger partial charge in [-0.05, 0) is 117 Å². The van der Waals surface area contributed by atoms with E-state index in [0.29, 0.717) is 56.4 Å². The van der Waals surface area contributed by atoms with Crippen LogP contribution >= 0.6 is 11.8 Å². The second kappa shape index (κ2) is 20.3. The lowest BCUT2D eigenvalue weighted by molar-refractivity contribution is -0.116. The van der Waals surface area contributed by atoms with E-state index >= 15 is 0 Å². The monoisotopic (exact) mass is 862 g/mol. The van der Waals surface area contributed by atoms with E-state index in [-0.39, 0.29) is 34.9 Å². The van der Waals surface area contributed by atoms with Crippen molar-refractivity contribution in [2.24, 2.45) is 0 Å². The fourth-order valence-corrected chi connectivity index (χ4v) is 10.1. The number of aryl methyl sites for hydroxylation is 3. The minimum absolute atomic E-state index is 0.0248. The number of amides is 2. The van der Waals surface area contributed by atoms with Crippen LogP contribution in [0.1, 0.15) is 84.3 Å². The van der Waals surface area contributed by atoms with E-state index in [4.69, 9.17) is 4.74 Å². The molecular formula is C53H55FN4O4S. The maximum atomic E-state index is 14.2. The van der Waals surface area contributed by atoms with Crippen molar-refractivity contribution in [2.75, 3.05) is 23.7 Å². The predicted molar refractivity (Wildman–Crippen MR) is 252 cm³/mol. The summed E-state index contributed by atoms with van der Waals surface area (Å²) in [6.07, 6.45) is 5.56. The zero-order valence-electron chi connectivity index (χ0n) is 36.4. The first-order valence-electron chi connectivity index (χ1n) is 21.6. The van der Waals surface area contributed by atoms with Gasteiger partial charge in [0.2, 0.25) is 0 Å². The van der Waals surface area contributed by atoms with Crippen LogP contribution in [0.4, 0.5) is 20.6 Å². The molecule has 63 heavy (non-hydrogen) atoms. The lowest BCUT2D eigenvalue weighted by Crippen LogP contribution is -2.42. The number of pyridine rings is 1. The molecule has 1 aliphatic rings. The maximum absolute atomic E-state index is 14.2. The van der Waals surface area contributed by atoms with E-state index < -0.39 is 10.3 Å². The first-order chi connectivity index (χ1) is 30.4. The van der Waals surface area contributed by atoms with Gasteiger partial charge in [-0.1, -0.05) is 109 Å². The Kier molecular flexibility index (Phi) is 14.4. The van der Waals surface area contributed by atoms with Crippen LogP contribution in [-0.2, 0) is 33.5 Å². The summed E-state index contributed by atoms with van der Waals surface area (Å²) in [4.78, 5) is 46.2. The highest BCUT2D eigenvalue weighted by molar-refractivity contribution is 8.01. The summed E-state index contributed by atoms with van der Waals surface area (Å²) in [5.74, 6) is -0.547. The summed E-state index contributed by atoms with van der Waals surface area (Å²) in [6, 6.07) is 45.5. The second-order valence-corrected chi connectivity index (χ2v) is 18.6. The van der Waals surface area contributed by atoms with Gasteiger partial charge in [0.25, 0.3) is 5.91 Å². The van der Waals surface area contributed by atoms with Gasteiger partial charge in [-0.15, -0.1) is 11.8 Å². The number of hydrogen-bond donors (Lipinski definition) is 2. The van der Waals surface area contributed by atoms with Crippen LogP contribution < -0.4 is 10.6 Å². The minimum Gasteiger partial charge on any atom is -0.444 e. The number of anilines is 2. The van der Waals surface area contributed by atoms with Crippen molar-refractivity contribution >= 4 is 40.9 Å². The van der Waals surface area contributed by atoms with E-state index in [0.717, 1.165) is 39.1 Å². The highest BCUT2D eigenvalue weighted by Gasteiger charge is 2.45. The van der Waals surface area contributed by atoms with Crippen LogP contribution in [0.5, 0.6) is 0 Å². The number of hydrogen-bond acceptors (Lipinski definition) is 7. The minimum atomic E-state index is -0.686. The van der Waals surface area contributed by atoms with Gasteiger partial charge in [0.15, 0.2) is 0 Å². The quantitative estimate of drug-likeness (QED) is 0.0935. The number of carbonyl (C=O) groups is 3. The van der Waals surface area contributed by atoms with Gasteiger partial charge in [-0.3, -0.25) is 9.78 Å². The van der Waals surface area contributed by atoms with Crippen LogP contribution in [0.3, 0.4) is 0 Å². The number of nitrogens with one attached hydrogen (secondary N) is 2. The molecule has 2 atom stereocenters. The number of benzene rings is 5. The average molecular weight is 863 g/mol. The third-order valence-corrected chi connectivity index (χ3v) is 13.0. The highest BCUT2D eigenvalue weighted by Crippen LogP contribution is 2.52. The fourth-order valence-electron chi connectivity index (χ4n) is 8.21. The number of halogens is 1. The van der Waals surface area contributed by atoms with E-state index in [9.17, 15) is 18.8 Å². The van der Waals surface area contributed by atoms with Crippen LogP contribution in [0.25, 0.3) is 0 Å². The summed E-state index contributed by atoms with van der Waals surface area (Å²) >= 11 is 1.87. The number of ether oxygens (including phenoxy) is 1. The molecule has 10 heteroatoms. The van der Waals surface area contributed by atoms with Crippen molar-refractivity contribution in [3.8, 4) is 0 Å². The summed E-state index contributed by atoms with van der Waals surface area (Å²) in [6.45, 7) is 8.09. The zero-order chi connectivity index (χ0) is 44.4. The van der Waals surface area contributed by atoms with Gasteiger partial charge in [-0.25, -0.2) is 9.18 Å². The summed E-state index contributed by atoms with van der Waals surface area (Å²) < 4.78 is 19.2. The number of carbonyl (C=O) groups excluding carboxylic acids is 3. The molecule has 8 nitrogen and oxygen atoms in total. The van der Waals surface area contributed by atoms with Crippen LogP contribution in [0.15, 0.2) is 152 Å². The Morgan fingerprint density at radius 2 is 1.40 bits per heavy atom. The molecule has 1 saturated heterocycles. The van der Waals surface area contributed by atoms with Crippen molar-refractivity contribution in [2.45, 2.75) is 81.4 Å². The molecule has 0 spiro atoms. The molecule has 1 aliphatic heterocycles. The molecule has 6 aromatic rings. The number of rotatable bonds is 16. The number of Topliss-reactive ketones (excluding diaryl/α,β-unsaturated/α-hetero) is 1.